The second-order valence-corrected chi connectivity index (χ2v) is 6.45. The molecule has 0 aliphatic carbocycles. The SMILES string of the molecule is CC1CC(NCc2cc(Br)cs2)CC(C)O1. The number of ether oxygens (including phenoxy) is 1. The molecule has 1 aliphatic rings. The maximum atomic E-state index is 5.73. The van der Waals surface area contributed by atoms with E-state index in [1.54, 1.807) is 11.3 Å². The van der Waals surface area contributed by atoms with Crippen molar-refractivity contribution in [3.63, 3.8) is 0 Å². The predicted octanol–water partition coefficient (Wildman–Crippen LogP) is 3.56. The maximum absolute atomic E-state index is 5.73. The van der Waals surface area contributed by atoms with Crippen LogP contribution in [0.2, 0.25) is 0 Å². The molecule has 1 aliphatic heterocycles. The van der Waals surface area contributed by atoms with Gasteiger partial charge in [0, 0.05) is 27.3 Å². The van der Waals surface area contributed by atoms with Gasteiger partial charge in [-0.3, -0.25) is 0 Å². The third-order valence-corrected chi connectivity index (χ3v) is 4.58. The molecule has 4 heteroatoms. The van der Waals surface area contributed by atoms with Gasteiger partial charge in [-0.1, -0.05) is 0 Å². The van der Waals surface area contributed by atoms with Gasteiger partial charge in [0.1, 0.15) is 0 Å². The molecule has 0 radical (unpaired) electrons. The number of halogens is 1. The van der Waals surface area contributed by atoms with Gasteiger partial charge >= 0.3 is 0 Å². The van der Waals surface area contributed by atoms with Crippen molar-refractivity contribution >= 4 is 27.3 Å². The van der Waals surface area contributed by atoms with Gasteiger partial charge in [0.15, 0.2) is 0 Å². The molecule has 2 rings (SSSR count). The molecule has 1 aromatic heterocycles. The van der Waals surface area contributed by atoms with Crippen LogP contribution in [0.3, 0.4) is 0 Å². The summed E-state index contributed by atoms with van der Waals surface area (Å²) < 4.78 is 6.91. The second-order valence-electron chi connectivity index (χ2n) is 4.54. The van der Waals surface area contributed by atoms with Crippen molar-refractivity contribution in [2.75, 3.05) is 0 Å². The van der Waals surface area contributed by atoms with Crippen LogP contribution >= 0.6 is 27.3 Å². The summed E-state index contributed by atoms with van der Waals surface area (Å²) in [7, 11) is 0. The molecule has 0 bridgehead atoms. The monoisotopic (exact) mass is 303 g/mol. The van der Waals surface area contributed by atoms with E-state index < -0.39 is 0 Å². The van der Waals surface area contributed by atoms with Crippen LogP contribution in [0.4, 0.5) is 0 Å². The van der Waals surface area contributed by atoms with E-state index in [2.05, 4.69) is 46.5 Å². The summed E-state index contributed by atoms with van der Waals surface area (Å²) in [5.41, 5.74) is 0. The van der Waals surface area contributed by atoms with Crippen LogP contribution in [0.15, 0.2) is 15.9 Å². The molecule has 1 aromatic rings. The Bertz CT molecular complexity index is 332. The molecule has 2 heterocycles. The Morgan fingerprint density at radius 3 is 2.69 bits per heavy atom. The van der Waals surface area contributed by atoms with Gasteiger partial charge in [0.05, 0.1) is 12.2 Å². The number of thiophene rings is 1. The highest BCUT2D eigenvalue weighted by molar-refractivity contribution is 9.10. The van der Waals surface area contributed by atoms with E-state index in [4.69, 9.17) is 4.74 Å². The van der Waals surface area contributed by atoms with E-state index >= 15 is 0 Å². The van der Waals surface area contributed by atoms with Crippen LogP contribution in [-0.2, 0) is 11.3 Å². The van der Waals surface area contributed by atoms with E-state index in [1.807, 2.05) is 0 Å². The van der Waals surface area contributed by atoms with Crippen molar-refractivity contribution in [1.29, 1.82) is 0 Å². The average molecular weight is 304 g/mol. The Labute approximate surface area is 110 Å². The standard InChI is InChI=1S/C12H18BrNOS/c1-8-3-11(4-9(2)15-8)14-6-12-5-10(13)7-16-12/h5,7-9,11,14H,3-4,6H2,1-2H3. The number of nitrogens with one attached hydrogen (secondary N) is 1. The minimum atomic E-state index is 0.385. The van der Waals surface area contributed by atoms with E-state index in [1.165, 1.54) is 9.35 Å². The van der Waals surface area contributed by atoms with E-state index in [9.17, 15) is 0 Å². The molecular weight excluding hydrogens is 286 g/mol. The highest BCUT2D eigenvalue weighted by Gasteiger charge is 2.23. The van der Waals surface area contributed by atoms with E-state index in [0.29, 0.717) is 18.2 Å². The highest BCUT2D eigenvalue weighted by Crippen LogP contribution is 2.22. The zero-order chi connectivity index (χ0) is 11.5. The second kappa shape index (κ2) is 5.63. The van der Waals surface area contributed by atoms with E-state index in [-0.39, 0.29) is 0 Å². The summed E-state index contributed by atoms with van der Waals surface area (Å²) in [6.45, 7) is 5.29. The lowest BCUT2D eigenvalue weighted by molar-refractivity contribution is -0.0422. The molecule has 0 saturated carbocycles. The first-order valence-corrected chi connectivity index (χ1v) is 7.42. The molecule has 0 spiro atoms. The molecule has 0 amide bonds. The first-order chi connectivity index (χ1) is 7.63. The summed E-state index contributed by atoms with van der Waals surface area (Å²) in [5.74, 6) is 0. The van der Waals surface area contributed by atoms with Crippen molar-refractivity contribution in [2.45, 2.75) is 51.5 Å². The Kier molecular flexibility index (Phi) is 4.41. The normalized spacial score (nSPS) is 30.6. The quantitative estimate of drug-likeness (QED) is 0.922. The molecule has 1 saturated heterocycles. The van der Waals surface area contributed by atoms with Crippen LogP contribution in [0.25, 0.3) is 0 Å². The lowest BCUT2D eigenvalue weighted by atomic mass is 10.00. The summed E-state index contributed by atoms with van der Waals surface area (Å²) in [6.07, 6.45) is 3.01. The van der Waals surface area contributed by atoms with Gasteiger partial charge in [0.25, 0.3) is 0 Å². The average Bonchev–Trinajstić information content (AvgIpc) is 2.60. The molecule has 2 nitrogen and oxygen atoms in total. The molecule has 16 heavy (non-hydrogen) atoms. The fourth-order valence-electron chi connectivity index (χ4n) is 2.26. The van der Waals surface area contributed by atoms with Gasteiger partial charge in [-0.15, -0.1) is 11.3 Å². The summed E-state index contributed by atoms with van der Waals surface area (Å²) in [6, 6.07) is 2.78. The van der Waals surface area contributed by atoms with Crippen molar-refractivity contribution in [1.82, 2.24) is 5.32 Å². The number of hydrogen-bond donors (Lipinski definition) is 1. The third-order valence-electron chi connectivity index (χ3n) is 2.88. The number of hydrogen-bond acceptors (Lipinski definition) is 3. The first kappa shape index (κ1) is 12.6. The zero-order valence-electron chi connectivity index (χ0n) is 9.70. The van der Waals surface area contributed by atoms with Gasteiger partial charge in [-0.05, 0) is 48.7 Å². The zero-order valence-corrected chi connectivity index (χ0v) is 12.1. The first-order valence-electron chi connectivity index (χ1n) is 5.75. The molecule has 90 valence electrons. The Hall–Kier alpha value is 0.1000. The third kappa shape index (κ3) is 3.55. The summed E-state index contributed by atoms with van der Waals surface area (Å²) in [4.78, 5) is 1.39. The smallest absolute Gasteiger partial charge is 0.0565 e. The van der Waals surface area contributed by atoms with E-state index in [0.717, 1.165) is 19.4 Å². The fraction of sp³-hybridized carbons (Fsp3) is 0.667. The van der Waals surface area contributed by atoms with Gasteiger partial charge in [-0.25, -0.2) is 0 Å². The van der Waals surface area contributed by atoms with Crippen molar-refractivity contribution in [3.05, 3.63) is 20.8 Å². The fourth-order valence-corrected chi connectivity index (χ4v) is 3.67. The van der Waals surface area contributed by atoms with Gasteiger partial charge in [-0.2, -0.15) is 0 Å². The Balaban J connectivity index is 1.81. The summed E-state index contributed by atoms with van der Waals surface area (Å²) in [5, 5.41) is 5.75. The molecule has 0 aromatic carbocycles. The Morgan fingerprint density at radius 1 is 1.44 bits per heavy atom. The summed E-state index contributed by atoms with van der Waals surface area (Å²) >= 11 is 5.28. The largest absolute Gasteiger partial charge is 0.375 e. The highest BCUT2D eigenvalue weighted by atomic mass is 79.9. The maximum Gasteiger partial charge on any atom is 0.0565 e. The number of rotatable bonds is 3. The van der Waals surface area contributed by atoms with Crippen molar-refractivity contribution in [3.8, 4) is 0 Å². The molecule has 1 fully saturated rings. The van der Waals surface area contributed by atoms with Crippen LogP contribution in [0.5, 0.6) is 0 Å². The minimum absolute atomic E-state index is 0.385. The Morgan fingerprint density at radius 2 is 2.12 bits per heavy atom. The lowest BCUT2D eigenvalue weighted by Crippen LogP contribution is -2.40. The topological polar surface area (TPSA) is 21.3 Å². The van der Waals surface area contributed by atoms with Crippen LogP contribution < -0.4 is 5.32 Å². The minimum Gasteiger partial charge on any atom is -0.375 e. The predicted molar refractivity (Wildman–Crippen MR) is 71.9 cm³/mol. The van der Waals surface area contributed by atoms with Gasteiger partial charge < -0.3 is 10.1 Å². The van der Waals surface area contributed by atoms with Crippen LogP contribution in [-0.4, -0.2) is 18.2 Å². The van der Waals surface area contributed by atoms with Crippen LogP contribution in [0.1, 0.15) is 31.6 Å². The van der Waals surface area contributed by atoms with Crippen molar-refractivity contribution < 1.29 is 4.74 Å². The molecule has 2 atom stereocenters. The molecular formula is C12H18BrNOS. The van der Waals surface area contributed by atoms with Gasteiger partial charge in [0.2, 0.25) is 0 Å². The van der Waals surface area contributed by atoms with Crippen molar-refractivity contribution in [2.24, 2.45) is 0 Å². The lowest BCUT2D eigenvalue weighted by Gasteiger charge is -2.32. The van der Waals surface area contributed by atoms with Crippen LogP contribution in [0, 0.1) is 0 Å². The molecule has 2 unspecified atom stereocenters. The molecule has 1 N–H and O–H groups in total.